The fraction of sp³-hybridized carbons (Fsp3) is 0.438. The van der Waals surface area contributed by atoms with Gasteiger partial charge < -0.3 is 4.90 Å². The number of nitrogens with zero attached hydrogens (tertiary/aromatic N) is 3. The van der Waals surface area contributed by atoms with Crippen LogP contribution in [-0.2, 0) is 6.54 Å². The van der Waals surface area contributed by atoms with Crippen LogP contribution in [0.15, 0.2) is 21.9 Å². The van der Waals surface area contributed by atoms with Crippen LogP contribution < -0.4 is 0 Å². The number of likely N-dealkylation sites (N-methyl/N-ethyl adjacent to an activating group) is 1. The number of hydrogen-bond acceptors (Lipinski definition) is 3. The van der Waals surface area contributed by atoms with Crippen molar-refractivity contribution in [1.82, 2.24) is 14.7 Å². The molecule has 21 heavy (non-hydrogen) atoms. The molecule has 0 bridgehead atoms. The summed E-state index contributed by atoms with van der Waals surface area (Å²) >= 11 is 8.11. The molecule has 1 aromatic carbocycles. The second-order valence-electron chi connectivity index (χ2n) is 5.26. The van der Waals surface area contributed by atoms with Crippen LogP contribution >= 0.6 is 23.4 Å². The van der Waals surface area contributed by atoms with Crippen molar-refractivity contribution in [3.8, 4) is 0 Å². The third-order valence-electron chi connectivity index (χ3n) is 3.98. The monoisotopic (exact) mass is 321 g/mol. The topological polar surface area (TPSA) is 21.1 Å². The Kier molecular flexibility index (Phi) is 4.29. The lowest BCUT2D eigenvalue weighted by atomic mass is 10.2. The summed E-state index contributed by atoms with van der Waals surface area (Å²) in [6, 6.07) is 4.08. The Hall–Kier alpha value is -0.970. The quantitative estimate of drug-likeness (QED) is 0.809. The molecule has 0 aliphatic carbocycles. The molecular formula is C16H20ClN3S. The van der Waals surface area contributed by atoms with Crippen molar-refractivity contribution in [2.75, 3.05) is 19.6 Å². The summed E-state index contributed by atoms with van der Waals surface area (Å²) in [6.45, 7) is 10.6. The molecule has 0 N–H and O–H groups in total. The predicted octanol–water partition coefficient (Wildman–Crippen LogP) is 4.50. The highest BCUT2D eigenvalue weighted by Gasteiger charge is 2.20. The Bertz CT molecular complexity index is 701. The lowest BCUT2D eigenvalue weighted by Crippen LogP contribution is -2.27. The molecule has 0 radical (unpaired) electrons. The molecule has 5 heteroatoms. The van der Waals surface area contributed by atoms with Gasteiger partial charge in [-0.25, -0.2) is 0 Å². The van der Waals surface area contributed by atoms with E-state index in [0.29, 0.717) is 0 Å². The molecule has 0 saturated carbocycles. The third-order valence-corrected chi connectivity index (χ3v) is 5.47. The minimum absolute atomic E-state index is 0.824. The number of benzene rings is 1. The summed E-state index contributed by atoms with van der Waals surface area (Å²) in [7, 11) is 0. The van der Waals surface area contributed by atoms with Crippen LogP contribution in [-0.4, -0.2) is 34.3 Å². The first kappa shape index (κ1) is 14.9. The first-order chi connectivity index (χ1) is 10.1. The second-order valence-corrected chi connectivity index (χ2v) is 6.93. The largest absolute Gasteiger partial charge is 0.302 e. The van der Waals surface area contributed by atoms with Gasteiger partial charge in [0.15, 0.2) is 0 Å². The maximum Gasteiger partial charge on any atom is 0.0949 e. The van der Waals surface area contributed by atoms with Gasteiger partial charge in [-0.15, -0.1) is 0 Å². The lowest BCUT2D eigenvalue weighted by molar-refractivity contribution is 0.287. The molecule has 1 aromatic heterocycles. The van der Waals surface area contributed by atoms with Gasteiger partial charge in [0.05, 0.1) is 22.8 Å². The zero-order valence-corrected chi connectivity index (χ0v) is 14.3. The smallest absolute Gasteiger partial charge is 0.0949 e. The molecule has 3 nitrogen and oxygen atoms in total. The molecule has 0 amide bonds. The first-order valence-electron chi connectivity index (χ1n) is 7.41. The fourth-order valence-electron chi connectivity index (χ4n) is 2.77. The van der Waals surface area contributed by atoms with E-state index < -0.39 is 0 Å². The standard InChI is InChI=1S/C16H20ClN3S/c1-4-19(5-2)8-9-20-14-7-6-12(17)16-15(14)13(18-20)10-11(3)21-16/h6-7,10H,4-5,8-9H2,1-3H3. The highest BCUT2D eigenvalue weighted by Crippen LogP contribution is 2.44. The van der Waals surface area contributed by atoms with Gasteiger partial charge in [0.2, 0.25) is 0 Å². The Morgan fingerprint density at radius 2 is 2.05 bits per heavy atom. The van der Waals surface area contributed by atoms with Crippen LogP contribution in [0.2, 0.25) is 5.02 Å². The summed E-state index contributed by atoms with van der Waals surface area (Å²) in [6.07, 6.45) is 2.16. The van der Waals surface area contributed by atoms with E-state index in [1.165, 1.54) is 15.8 Å². The van der Waals surface area contributed by atoms with E-state index in [-0.39, 0.29) is 0 Å². The molecule has 1 aliphatic rings. The zero-order chi connectivity index (χ0) is 15.0. The molecular weight excluding hydrogens is 302 g/mol. The number of thioether (sulfide) groups is 1. The van der Waals surface area contributed by atoms with Crippen molar-refractivity contribution in [3.05, 3.63) is 27.8 Å². The normalized spacial score (nSPS) is 14.0. The van der Waals surface area contributed by atoms with Crippen LogP contribution in [0.4, 0.5) is 0 Å². The SMILES string of the molecule is CCN(CC)CCn1nc2c3c(c(Cl)ccc31)SC(C)=C2. The number of hydrogen-bond donors (Lipinski definition) is 0. The molecule has 0 atom stereocenters. The Balaban J connectivity index is 2.01. The van der Waals surface area contributed by atoms with Crippen LogP contribution in [0.3, 0.4) is 0 Å². The van der Waals surface area contributed by atoms with E-state index in [0.717, 1.165) is 41.8 Å². The van der Waals surface area contributed by atoms with Gasteiger partial charge in [-0.1, -0.05) is 37.2 Å². The van der Waals surface area contributed by atoms with Crippen LogP contribution in [0.5, 0.6) is 0 Å². The van der Waals surface area contributed by atoms with Gasteiger partial charge in [-0.05, 0) is 43.1 Å². The van der Waals surface area contributed by atoms with E-state index in [1.807, 2.05) is 6.07 Å². The Labute approximate surface area is 134 Å². The molecule has 1 aliphatic heterocycles. The van der Waals surface area contributed by atoms with E-state index in [9.17, 15) is 0 Å². The van der Waals surface area contributed by atoms with Crippen molar-refractivity contribution < 1.29 is 0 Å². The second kappa shape index (κ2) is 6.03. The maximum absolute atomic E-state index is 6.36. The molecule has 0 saturated heterocycles. The molecule has 0 spiro atoms. The third kappa shape index (κ3) is 2.72. The predicted molar refractivity (Wildman–Crippen MR) is 92.0 cm³/mol. The molecule has 112 valence electrons. The highest BCUT2D eigenvalue weighted by molar-refractivity contribution is 8.03. The van der Waals surface area contributed by atoms with Crippen LogP contribution in [0, 0.1) is 0 Å². The number of halogens is 1. The minimum Gasteiger partial charge on any atom is -0.302 e. The average molecular weight is 322 g/mol. The van der Waals surface area contributed by atoms with Crippen LogP contribution in [0.1, 0.15) is 26.5 Å². The van der Waals surface area contributed by atoms with Gasteiger partial charge in [-0.2, -0.15) is 5.10 Å². The first-order valence-corrected chi connectivity index (χ1v) is 8.61. The Morgan fingerprint density at radius 1 is 1.29 bits per heavy atom. The zero-order valence-electron chi connectivity index (χ0n) is 12.7. The van der Waals surface area contributed by atoms with E-state index in [2.05, 4.69) is 42.5 Å². The van der Waals surface area contributed by atoms with Crippen molar-refractivity contribution in [1.29, 1.82) is 0 Å². The average Bonchev–Trinajstić information content (AvgIpc) is 2.82. The molecule has 2 heterocycles. The number of rotatable bonds is 5. The Morgan fingerprint density at radius 3 is 2.76 bits per heavy atom. The maximum atomic E-state index is 6.36. The van der Waals surface area contributed by atoms with Gasteiger partial charge in [0.1, 0.15) is 0 Å². The summed E-state index contributed by atoms with van der Waals surface area (Å²) in [5.41, 5.74) is 2.24. The lowest BCUT2D eigenvalue weighted by Gasteiger charge is -2.17. The summed E-state index contributed by atoms with van der Waals surface area (Å²) in [5, 5.41) is 6.82. The van der Waals surface area contributed by atoms with Gasteiger partial charge in [0, 0.05) is 16.8 Å². The van der Waals surface area contributed by atoms with Crippen molar-refractivity contribution in [2.45, 2.75) is 32.2 Å². The minimum atomic E-state index is 0.824. The summed E-state index contributed by atoms with van der Waals surface area (Å²) in [4.78, 5) is 4.81. The van der Waals surface area contributed by atoms with Crippen LogP contribution in [0.25, 0.3) is 17.0 Å². The number of allylic oxidation sites excluding steroid dienone is 1. The van der Waals surface area contributed by atoms with E-state index in [4.69, 9.17) is 16.7 Å². The van der Waals surface area contributed by atoms with Crippen molar-refractivity contribution in [3.63, 3.8) is 0 Å². The molecule has 0 unspecified atom stereocenters. The van der Waals surface area contributed by atoms with Gasteiger partial charge in [-0.3, -0.25) is 4.68 Å². The van der Waals surface area contributed by atoms with Gasteiger partial charge in [0.25, 0.3) is 0 Å². The number of aromatic nitrogens is 2. The van der Waals surface area contributed by atoms with Crippen molar-refractivity contribution >= 4 is 40.3 Å². The molecule has 3 rings (SSSR count). The summed E-state index contributed by atoms with van der Waals surface area (Å²) in [5.74, 6) is 0. The summed E-state index contributed by atoms with van der Waals surface area (Å²) < 4.78 is 2.12. The molecule has 2 aromatic rings. The van der Waals surface area contributed by atoms with Gasteiger partial charge >= 0.3 is 0 Å². The fourth-order valence-corrected chi connectivity index (χ4v) is 4.02. The van der Waals surface area contributed by atoms with E-state index in [1.54, 1.807) is 11.8 Å². The molecule has 0 fully saturated rings. The highest BCUT2D eigenvalue weighted by atomic mass is 35.5. The van der Waals surface area contributed by atoms with Crippen molar-refractivity contribution in [2.24, 2.45) is 0 Å². The van der Waals surface area contributed by atoms with E-state index >= 15 is 0 Å².